The highest BCUT2D eigenvalue weighted by Gasteiger charge is 2.29. The smallest absolute Gasteiger partial charge is 0.0964 e. The van der Waals surface area contributed by atoms with Gasteiger partial charge in [0.05, 0.1) is 17.8 Å². The Morgan fingerprint density at radius 2 is 2.29 bits per heavy atom. The molecule has 0 saturated carbocycles. The number of thiophene rings is 1. The van der Waals surface area contributed by atoms with E-state index in [1.54, 1.807) is 11.3 Å². The Bertz CT molecular complexity index is 345. The van der Waals surface area contributed by atoms with Gasteiger partial charge in [-0.2, -0.15) is 11.3 Å². The van der Waals surface area contributed by atoms with Gasteiger partial charge in [0.2, 0.25) is 0 Å². The summed E-state index contributed by atoms with van der Waals surface area (Å²) in [6.07, 6.45) is 0.364. The standard InChI is InChI=1S/C13H21NO2S/c1-10-6-14(9-13(2,3)15)7-12(16-10)11-4-5-17-8-11/h4-5,8,10,12,15H,6-7,9H2,1-3H3. The van der Waals surface area contributed by atoms with Crippen LogP contribution >= 0.6 is 11.3 Å². The van der Waals surface area contributed by atoms with Gasteiger partial charge in [0, 0.05) is 19.6 Å². The molecule has 1 aliphatic rings. The second-order valence-electron chi connectivity index (χ2n) is 5.50. The van der Waals surface area contributed by atoms with Gasteiger partial charge >= 0.3 is 0 Å². The summed E-state index contributed by atoms with van der Waals surface area (Å²) >= 11 is 1.70. The van der Waals surface area contributed by atoms with Gasteiger partial charge in [0.1, 0.15) is 0 Å². The largest absolute Gasteiger partial charge is 0.389 e. The summed E-state index contributed by atoms with van der Waals surface area (Å²) in [4.78, 5) is 2.29. The third-order valence-corrected chi connectivity index (χ3v) is 3.56. The number of hydrogen-bond acceptors (Lipinski definition) is 4. The van der Waals surface area contributed by atoms with E-state index in [0.29, 0.717) is 6.54 Å². The third kappa shape index (κ3) is 3.78. The number of nitrogens with zero attached hydrogens (tertiary/aromatic N) is 1. The molecule has 1 aliphatic heterocycles. The molecule has 2 atom stereocenters. The number of morpholine rings is 1. The van der Waals surface area contributed by atoms with Crippen molar-refractivity contribution in [3.8, 4) is 0 Å². The molecular weight excluding hydrogens is 234 g/mol. The molecule has 1 aromatic heterocycles. The zero-order valence-corrected chi connectivity index (χ0v) is 11.5. The molecular formula is C13H21NO2S. The van der Waals surface area contributed by atoms with Crippen molar-refractivity contribution < 1.29 is 9.84 Å². The summed E-state index contributed by atoms with van der Waals surface area (Å²) in [5.74, 6) is 0. The summed E-state index contributed by atoms with van der Waals surface area (Å²) in [5, 5.41) is 14.1. The van der Waals surface area contributed by atoms with Crippen LogP contribution in [-0.2, 0) is 4.74 Å². The zero-order chi connectivity index (χ0) is 12.5. The van der Waals surface area contributed by atoms with E-state index in [0.717, 1.165) is 13.1 Å². The Balaban J connectivity index is 2.02. The van der Waals surface area contributed by atoms with E-state index >= 15 is 0 Å². The van der Waals surface area contributed by atoms with Gasteiger partial charge in [-0.05, 0) is 43.2 Å². The monoisotopic (exact) mass is 255 g/mol. The van der Waals surface area contributed by atoms with Gasteiger partial charge in [-0.15, -0.1) is 0 Å². The minimum Gasteiger partial charge on any atom is -0.389 e. The van der Waals surface area contributed by atoms with Crippen molar-refractivity contribution in [3.63, 3.8) is 0 Å². The van der Waals surface area contributed by atoms with E-state index in [1.807, 2.05) is 13.8 Å². The van der Waals surface area contributed by atoms with Crippen LogP contribution in [0.3, 0.4) is 0 Å². The molecule has 2 rings (SSSR count). The normalized spacial score (nSPS) is 27.3. The van der Waals surface area contributed by atoms with E-state index < -0.39 is 5.60 Å². The fourth-order valence-corrected chi connectivity index (χ4v) is 3.06. The third-order valence-electron chi connectivity index (χ3n) is 2.86. The molecule has 1 aromatic rings. The second kappa shape index (κ2) is 5.06. The molecule has 1 saturated heterocycles. The van der Waals surface area contributed by atoms with Crippen LogP contribution in [0.1, 0.15) is 32.4 Å². The predicted molar refractivity (Wildman–Crippen MR) is 70.3 cm³/mol. The Morgan fingerprint density at radius 1 is 1.53 bits per heavy atom. The Hall–Kier alpha value is -0.420. The topological polar surface area (TPSA) is 32.7 Å². The lowest BCUT2D eigenvalue weighted by Crippen LogP contribution is -2.48. The number of aliphatic hydroxyl groups is 1. The van der Waals surface area contributed by atoms with Crippen LogP contribution in [0.5, 0.6) is 0 Å². The molecule has 0 radical (unpaired) electrons. The Labute approximate surface area is 107 Å². The van der Waals surface area contributed by atoms with Crippen LogP contribution in [0, 0.1) is 0 Å². The van der Waals surface area contributed by atoms with Crippen LogP contribution in [-0.4, -0.2) is 41.3 Å². The molecule has 0 aromatic carbocycles. The molecule has 0 aliphatic carbocycles. The van der Waals surface area contributed by atoms with Crippen LogP contribution in [0.2, 0.25) is 0 Å². The van der Waals surface area contributed by atoms with Crippen molar-refractivity contribution in [1.82, 2.24) is 4.90 Å². The maximum Gasteiger partial charge on any atom is 0.0964 e. The minimum atomic E-state index is -0.643. The van der Waals surface area contributed by atoms with Crippen molar-refractivity contribution >= 4 is 11.3 Å². The molecule has 0 bridgehead atoms. The molecule has 1 fully saturated rings. The van der Waals surface area contributed by atoms with Crippen molar-refractivity contribution in [2.75, 3.05) is 19.6 Å². The van der Waals surface area contributed by atoms with Crippen LogP contribution in [0.15, 0.2) is 16.8 Å². The summed E-state index contributed by atoms with van der Waals surface area (Å²) in [7, 11) is 0. The maximum absolute atomic E-state index is 9.89. The first-order chi connectivity index (χ1) is 7.94. The zero-order valence-electron chi connectivity index (χ0n) is 10.7. The average Bonchev–Trinajstić information content (AvgIpc) is 2.65. The van der Waals surface area contributed by atoms with Crippen LogP contribution in [0.4, 0.5) is 0 Å². The predicted octanol–water partition coefficient (Wildman–Crippen LogP) is 2.28. The van der Waals surface area contributed by atoms with Gasteiger partial charge in [0.15, 0.2) is 0 Å². The van der Waals surface area contributed by atoms with E-state index in [-0.39, 0.29) is 12.2 Å². The highest BCUT2D eigenvalue weighted by Crippen LogP contribution is 2.27. The molecule has 4 heteroatoms. The van der Waals surface area contributed by atoms with Gasteiger partial charge < -0.3 is 9.84 Å². The molecule has 2 unspecified atom stereocenters. The fraction of sp³-hybridized carbons (Fsp3) is 0.692. The quantitative estimate of drug-likeness (QED) is 0.899. The van der Waals surface area contributed by atoms with E-state index in [9.17, 15) is 5.11 Å². The molecule has 2 heterocycles. The molecule has 3 nitrogen and oxygen atoms in total. The van der Waals surface area contributed by atoms with E-state index in [4.69, 9.17) is 4.74 Å². The molecule has 0 amide bonds. The summed E-state index contributed by atoms with van der Waals surface area (Å²) in [5.41, 5.74) is 0.610. The molecule has 0 spiro atoms. The first-order valence-corrected chi connectivity index (χ1v) is 7.00. The van der Waals surface area contributed by atoms with Crippen molar-refractivity contribution in [2.45, 2.75) is 38.6 Å². The summed E-state index contributed by atoms with van der Waals surface area (Å²) < 4.78 is 5.96. The van der Waals surface area contributed by atoms with Crippen molar-refractivity contribution in [1.29, 1.82) is 0 Å². The lowest BCUT2D eigenvalue weighted by atomic mass is 10.1. The first kappa shape index (κ1) is 13.0. The van der Waals surface area contributed by atoms with Crippen LogP contribution in [0.25, 0.3) is 0 Å². The van der Waals surface area contributed by atoms with Crippen LogP contribution < -0.4 is 0 Å². The molecule has 1 N–H and O–H groups in total. The maximum atomic E-state index is 9.89. The van der Waals surface area contributed by atoms with Gasteiger partial charge in [-0.25, -0.2) is 0 Å². The Morgan fingerprint density at radius 3 is 2.88 bits per heavy atom. The summed E-state index contributed by atoms with van der Waals surface area (Å²) in [6, 6.07) is 2.12. The number of rotatable bonds is 3. The van der Waals surface area contributed by atoms with Gasteiger partial charge in [-0.3, -0.25) is 4.90 Å². The number of hydrogen-bond donors (Lipinski definition) is 1. The second-order valence-corrected chi connectivity index (χ2v) is 6.28. The van der Waals surface area contributed by atoms with E-state index in [2.05, 4.69) is 28.7 Å². The molecule has 17 heavy (non-hydrogen) atoms. The fourth-order valence-electron chi connectivity index (χ4n) is 2.36. The Kier molecular flexibility index (Phi) is 3.88. The minimum absolute atomic E-state index is 0.146. The summed E-state index contributed by atoms with van der Waals surface area (Å²) in [6.45, 7) is 8.26. The molecule has 96 valence electrons. The number of ether oxygens (including phenoxy) is 1. The highest BCUT2D eigenvalue weighted by atomic mass is 32.1. The van der Waals surface area contributed by atoms with Gasteiger partial charge in [-0.1, -0.05) is 0 Å². The highest BCUT2D eigenvalue weighted by molar-refractivity contribution is 7.07. The number of β-amino-alcohol motifs (C(OH)–C–C–N with tert-alkyl or cyclic N) is 1. The van der Waals surface area contributed by atoms with Crippen molar-refractivity contribution in [3.05, 3.63) is 22.4 Å². The lowest BCUT2D eigenvalue weighted by Gasteiger charge is -2.39. The SMILES string of the molecule is CC1CN(CC(C)(C)O)CC(c2ccsc2)O1. The van der Waals surface area contributed by atoms with Gasteiger partial charge in [0.25, 0.3) is 0 Å². The van der Waals surface area contributed by atoms with Crippen molar-refractivity contribution in [2.24, 2.45) is 0 Å². The lowest BCUT2D eigenvalue weighted by molar-refractivity contribution is -0.0951. The van der Waals surface area contributed by atoms with E-state index in [1.165, 1.54) is 5.56 Å². The average molecular weight is 255 g/mol. The first-order valence-electron chi connectivity index (χ1n) is 6.06.